The number of anilines is 1. The van der Waals surface area contributed by atoms with Gasteiger partial charge in [-0.05, 0) is 47.9 Å². The van der Waals surface area contributed by atoms with Gasteiger partial charge >= 0.3 is 5.97 Å². The predicted octanol–water partition coefficient (Wildman–Crippen LogP) is 5.42. The predicted molar refractivity (Wildman–Crippen MR) is 133 cm³/mol. The minimum atomic E-state index is -0.873. The van der Waals surface area contributed by atoms with Crippen molar-refractivity contribution in [2.45, 2.75) is 19.4 Å². The molecule has 1 fully saturated rings. The number of Topliss-reactive ketones (excluding diaryl/α,β-unsaturated/α-hetero) is 1. The highest BCUT2D eigenvalue weighted by molar-refractivity contribution is 9.10. The van der Waals surface area contributed by atoms with Crippen LogP contribution in [0, 0.1) is 0 Å². The van der Waals surface area contributed by atoms with Crippen LogP contribution in [0.15, 0.2) is 82.8 Å². The topological polar surface area (TPSA) is 83.9 Å². The van der Waals surface area contributed by atoms with Crippen molar-refractivity contribution < 1.29 is 24.2 Å². The molecule has 0 saturated carbocycles. The molecule has 0 radical (unpaired) electrons. The van der Waals surface area contributed by atoms with Gasteiger partial charge in [0.2, 0.25) is 0 Å². The summed E-state index contributed by atoms with van der Waals surface area (Å²) >= 11 is 3.36. The Morgan fingerprint density at radius 3 is 2.29 bits per heavy atom. The fourth-order valence-electron chi connectivity index (χ4n) is 4.01. The smallest absolute Gasteiger partial charge is 0.337 e. The second-order valence-corrected chi connectivity index (χ2v) is 8.73. The van der Waals surface area contributed by atoms with E-state index in [0.29, 0.717) is 16.8 Å². The van der Waals surface area contributed by atoms with E-state index in [-0.39, 0.29) is 16.9 Å². The Balaban J connectivity index is 1.92. The normalized spacial score (nSPS) is 17.1. The van der Waals surface area contributed by atoms with Gasteiger partial charge in [0.1, 0.15) is 5.76 Å². The molecule has 172 valence electrons. The van der Waals surface area contributed by atoms with Crippen LogP contribution >= 0.6 is 15.9 Å². The summed E-state index contributed by atoms with van der Waals surface area (Å²) in [6.07, 6.45) is 0.834. The van der Waals surface area contributed by atoms with E-state index in [0.717, 1.165) is 16.5 Å². The molecule has 0 bridgehead atoms. The number of nitrogens with zero attached hydrogens (tertiary/aromatic N) is 1. The highest BCUT2D eigenvalue weighted by atomic mass is 79.9. The second-order valence-electron chi connectivity index (χ2n) is 7.81. The Morgan fingerprint density at radius 2 is 1.68 bits per heavy atom. The summed E-state index contributed by atoms with van der Waals surface area (Å²) in [5.41, 5.74) is 2.76. The number of aryl methyl sites for hydroxylation is 1. The highest BCUT2D eigenvalue weighted by Crippen LogP contribution is 2.42. The van der Waals surface area contributed by atoms with Gasteiger partial charge in [0.15, 0.2) is 0 Å². The fraction of sp³-hybridized carbons (Fsp3) is 0.148. The summed E-state index contributed by atoms with van der Waals surface area (Å²) in [5, 5.41) is 11.2. The molecule has 6 nitrogen and oxygen atoms in total. The van der Waals surface area contributed by atoms with Crippen LogP contribution in [0.1, 0.15) is 40.0 Å². The average Bonchev–Trinajstić information content (AvgIpc) is 3.14. The number of hydrogen-bond donors (Lipinski definition) is 1. The molecule has 0 aliphatic carbocycles. The van der Waals surface area contributed by atoms with Crippen LogP contribution in [0.5, 0.6) is 0 Å². The molecule has 1 atom stereocenters. The van der Waals surface area contributed by atoms with Crippen LogP contribution in [0.4, 0.5) is 5.69 Å². The van der Waals surface area contributed by atoms with Gasteiger partial charge in [0.25, 0.3) is 11.7 Å². The number of benzene rings is 3. The number of methoxy groups -OCH3 is 1. The molecule has 3 aromatic carbocycles. The van der Waals surface area contributed by atoms with Crippen LogP contribution in [0.3, 0.4) is 0 Å². The summed E-state index contributed by atoms with van der Waals surface area (Å²) in [4.78, 5) is 39.9. The number of ketones is 1. The number of hydrogen-bond acceptors (Lipinski definition) is 5. The van der Waals surface area contributed by atoms with Gasteiger partial charge in [-0.15, -0.1) is 0 Å². The van der Waals surface area contributed by atoms with Crippen LogP contribution < -0.4 is 4.90 Å². The number of halogens is 1. The Bertz CT molecular complexity index is 1300. The minimum Gasteiger partial charge on any atom is -0.507 e. The first-order chi connectivity index (χ1) is 16.3. The molecule has 7 heteroatoms. The molecule has 1 amide bonds. The lowest BCUT2D eigenvalue weighted by molar-refractivity contribution is -0.132. The number of ether oxygens (including phenoxy) is 1. The first-order valence-corrected chi connectivity index (χ1v) is 11.5. The monoisotopic (exact) mass is 519 g/mol. The zero-order chi connectivity index (χ0) is 24.4. The Morgan fingerprint density at radius 1 is 1.00 bits per heavy atom. The number of rotatable bonds is 5. The molecular formula is C27H22BrNO5. The van der Waals surface area contributed by atoms with Gasteiger partial charge < -0.3 is 9.84 Å². The largest absolute Gasteiger partial charge is 0.507 e. The molecule has 1 N–H and O–H groups in total. The number of carbonyl (C=O) groups excluding carboxylic acids is 3. The van der Waals surface area contributed by atoms with Gasteiger partial charge in [0, 0.05) is 15.7 Å². The zero-order valence-electron chi connectivity index (χ0n) is 18.6. The van der Waals surface area contributed by atoms with Crippen LogP contribution in [-0.4, -0.2) is 29.9 Å². The van der Waals surface area contributed by atoms with Crippen molar-refractivity contribution in [2.75, 3.05) is 12.0 Å². The molecule has 0 aromatic heterocycles. The van der Waals surface area contributed by atoms with E-state index < -0.39 is 23.7 Å². The lowest BCUT2D eigenvalue weighted by Crippen LogP contribution is -2.29. The summed E-state index contributed by atoms with van der Waals surface area (Å²) in [7, 11) is 1.27. The van der Waals surface area contributed by atoms with E-state index in [2.05, 4.69) is 15.9 Å². The van der Waals surface area contributed by atoms with Gasteiger partial charge in [-0.1, -0.05) is 65.3 Å². The first kappa shape index (κ1) is 23.4. The maximum atomic E-state index is 13.3. The number of aliphatic hydroxyl groups is 1. The van der Waals surface area contributed by atoms with E-state index in [1.807, 2.05) is 31.2 Å². The Kier molecular flexibility index (Phi) is 6.65. The second kappa shape index (κ2) is 9.65. The number of aliphatic hydroxyl groups excluding tert-OH is 1. The summed E-state index contributed by atoms with van der Waals surface area (Å²) in [6.45, 7) is 2.03. The quantitative estimate of drug-likeness (QED) is 0.210. The van der Waals surface area contributed by atoms with Crippen molar-refractivity contribution in [3.8, 4) is 0 Å². The molecule has 1 heterocycles. The molecule has 1 aliphatic heterocycles. The van der Waals surface area contributed by atoms with Gasteiger partial charge in [-0.3, -0.25) is 14.5 Å². The standard InChI is InChI=1S/C27H22BrNO5/c1-3-16-7-9-17(10-8-16)23-22(24(30)18-11-13-20(28)14-12-18)25(31)26(32)29(23)21-6-4-5-19(15-21)27(33)34-2/h4-15,23,30H,3H2,1-2H3/b24-22+. The molecule has 1 saturated heterocycles. The highest BCUT2D eigenvalue weighted by Gasteiger charge is 2.47. The number of carbonyl (C=O) groups is 3. The molecule has 34 heavy (non-hydrogen) atoms. The van der Waals surface area contributed by atoms with E-state index in [1.54, 1.807) is 42.5 Å². The van der Waals surface area contributed by atoms with E-state index >= 15 is 0 Å². The van der Waals surface area contributed by atoms with Crippen molar-refractivity contribution in [1.29, 1.82) is 0 Å². The Hall–Kier alpha value is -3.71. The molecule has 1 unspecified atom stereocenters. The molecular weight excluding hydrogens is 498 g/mol. The molecule has 4 rings (SSSR count). The lowest BCUT2D eigenvalue weighted by Gasteiger charge is -2.26. The molecule has 0 spiro atoms. The van der Waals surface area contributed by atoms with Crippen molar-refractivity contribution in [3.05, 3.63) is 105 Å². The fourth-order valence-corrected chi connectivity index (χ4v) is 4.28. The van der Waals surface area contributed by atoms with Gasteiger partial charge in [0.05, 0.1) is 24.3 Å². The van der Waals surface area contributed by atoms with Gasteiger partial charge in [-0.2, -0.15) is 0 Å². The van der Waals surface area contributed by atoms with Crippen LogP contribution in [0.2, 0.25) is 0 Å². The molecule has 3 aromatic rings. The summed E-state index contributed by atoms with van der Waals surface area (Å²) < 4.78 is 5.62. The first-order valence-electron chi connectivity index (χ1n) is 10.7. The molecule has 1 aliphatic rings. The maximum absolute atomic E-state index is 13.3. The van der Waals surface area contributed by atoms with E-state index in [4.69, 9.17) is 4.74 Å². The van der Waals surface area contributed by atoms with Crippen molar-refractivity contribution >= 4 is 45.0 Å². The number of esters is 1. The Labute approximate surface area is 205 Å². The van der Waals surface area contributed by atoms with E-state index in [1.165, 1.54) is 18.1 Å². The maximum Gasteiger partial charge on any atom is 0.337 e. The van der Waals surface area contributed by atoms with Gasteiger partial charge in [-0.25, -0.2) is 4.79 Å². The third kappa shape index (κ3) is 4.26. The minimum absolute atomic E-state index is 0.0138. The lowest BCUT2D eigenvalue weighted by atomic mass is 9.94. The van der Waals surface area contributed by atoms with Crippen molar-refractivity contribution in [1.82, 2.24) is 0 Å². The average molecular weight is 520 g/mol. The summed E-state index contributed by atoms with van der Waals surface area (Å²) in [6, 6.07) is 19.8. The SMILES string of the molecule is CCc1ccc(C2/C(=C(\O)c3ccc(Br)cc3)C(=O)C(=O)N2c2cccc(C(=O)OC)c2)cc1. The summed E-state index contributed by atoms with van der Waals surface area (Å²) in [5.74, 6) is -2.40. The van der Waals surface area contributed by atoms with E-state index in [9.17, 15) is 19.5 Å². The third-order valence-electron chi connectivity index (χ3n) is 5.81. The van der Waals surface area contributed by atoms with Crippen LogP contribution in [0.25, 0.3) is 5.76 Å². The van der Waals surface area contributed by atoms with Crippen molar-refractivity contribution in [2.24, 2.45) is 0 Å². The number of amides is 1. The zero-order valence-corrected chi connectivity index (χ0v) is 20.2. The third-order valence-corrected chi connectivity index (χ3v) is 6.34. The van der Waals surface area contributed by atoms with Crippen molar-refractivity contribution in [3.63, 3.8) is 0 Å². The van der Waals surface area contributed by atoms with Crippen LogP contribution in [-0.2, 0) is 20.7 Å².